The predicted octanol–water partition coefficient (Wildman–Crippen LogP) is 1.69. The molecule has 96 valence electrons. The number of benzene rings is 1. The Bertz CT molecular complexity index is 420. The summed E-state index contributed by atoms with van der Waals surface area (Å²) in [6.45, 7) is 2.41. The fraction of sp³-hybridized carbons (Fsp3) is 0.455. The van der Waals surface area contributed by atoms with Crippen molar-refractivity contribution in [3.63, 3.8) is 0 Å². The quantitative estimate of drug-likeness (QED) is 0.598. The molecule has 5 nitrogen and oxygen atoms in total. The lowest BCUT2D eigenvalue weighted by Gasteiger charge is -2.21. The van der Waals surface area contributed by atoms with E-state index in [1.165, 1.54) is 7.11 Å². The van der Waals surface area contributed by atoms with E-state index in [1.807, 2.05) is 13.0 Å². The number of unbranched alkanes of at least 4 members (excludes halogenated alkanes) is 1. The Hall–Kier alpha value is -1.11. The molecule has 0 aliphatic heterocycles. The van der Waals surface area contributed by atoms with Gasteiger partial charge in [-0.3, -0.25) is 4.84 Å². The summed E-state index contributed by atoms with van der Waals surface area (Å²) >= 11 is 0. The van der Waals surface area contributed by atoms with E-state index < -0.39 is 10.2 Å². The van der Waals surface area contributed by atoms with Crippen molar-refractivity contribution in [3.8, 4) is 0 Å². The van der Waals surface area contributed by atoms with Crippen LogP contribution in [0.15, 0.2) is 30.3 Å². The van der Waals surface area contributed by atoms with E-state index in [-0.39, 0.29) is 0 Å². The molecule has 0 heterocycles. The molecule has 0 unspecified atom stereocenters. The van der Waals surface area contributed by atoms with Crippen molar-refractivity contribution in [2.75, 3.05) is 18.1 Å². The number of hydrogen-bond donors (Lipinski definition) is 1. The van der Waals surface area contributed by atoms with Crippen LogP contribution in [0.1, 0.15) is 19.8 Å². The van der Waals surface area contributed by atoms with Gasteiger partial charge in [0.05, 0.1) is 12.8 Å². The van der Waals surface area contributed by atoms with E-state index in [1.54, 1.807) is 24.3 Å². The molecule has 0 amide bonds. The maximum atomic E-state index is 11.9. The maximum Gasteiger partial charge on any atom is 0.324 e. The SMILES string of the molecule is CCCCNS(=O)(=O)N(OC)c1ccccc1. The standard InChI is InChI=1S/C11H18N2O3S/c1-3-4-10-12-17(14,15)13(16-2)11-8-6-5-7-9-11/h5-9,12H,3-4,10H2,1-2H3. The van der Waals surface area contributed by atoms with E-state index in [4.69, 9.17) is 4.84 Å². The van der Waals surface area contributed by atoms with Gasteiger partial charge in [0.15, 0.2) is 0 Å². The summed E-state index contributed by atoms with van der Waals surface area (Å²) < 4.78 is 27.2. The smallest absolute Gasteiger partial charge is 0.261 e. The highest BCUT2D eigenvalue weighted by Crippen LogP contribution is 2.16. The summed E-state index contributed by atoms with van der Waals surface area (Å²) in [5, 5.41) is 0. The van der Waals surface area contributed by atoms with Gasteiger partial charge in [-0.15, -0.1) is 4.47 Å². The van der Waals surface area contributed by atoms with E-state index in [2.05, 4.69) is 4.72 Å². The number of nitrogens with one attached hydrogen (secondary N) is 1. The molecule has 1 rings (SSSR count). The minimum absolute atomic E-state index is 0.408. The third-order valence-electron chi connectivity index (χ3n) is 2.17. The lowest BCUT2D eigenvalue weighted by Crippen LogP contribution is -2.40. The number of hydrogen-bond acceptors (Lipinski definition) is 3. The molecule has 1 aromatic rings. The molecule has 0 aliphatic rings. The lowest BCUT2D eigenvalue weighted by molar-refractivity contribution is 0.215. The molecular weight excluding hydrogens is 240 g/mol. The topological polar surface area (TPSA) is 58.6 Å². The van der Waals surface area contributed by atoms with Crippen molar-refractivity contribution in [2.24, 2.45) is 0 Å². The van der Waals surface area contributed by atoms with Crippen molar-refractivity contribution in [3.05, 3.63) is 30.3 Å². The van der Waals surface area contributed by atoms with Crippen molar-refractivity contribution >= 4 is 15.9 Å². The molecule has 0 saturated heterocycles. The van der Waals surface area contributed by atoms with Crippen LogP contribution >= 0.6 is 0 Å². The van der Waals surface area contributed by atoms with Crippen LogP contribution in [0, 0.1) is 0 Å². The maximum absolute atomic E-state index is 11.9. The Kier molecular flexibility index (Phi) is 5.40. The summed E-state index contributed by atoms with van der Waals surface area (Å²) in [6.07, 6.45) is 1.73. The first-order valence-corrected chi connectivity index (χ1v) is 6.95. The minimum Gasteiger partial charge on any atom is -0.261 e. The van der Waals surface area contributed by atoms with Gasteiger partial charge in [0.2, 0.25) is 0 Å². The highest BCUT2D eigenvalue weighted by Gasteiger charge is 2.21. The molecule has 0 bridgehead atoms. The Balaban J connectivity index is 2.80. The largest absolute Gasteiger partial charge is 0.324 e. The summed E-state index contributed by atoms with van der Waals surface area (Å²) in [5.74, 6) is 0. The summed E-state index contributed by atoms with van der Waals surface area (Å²) in [7, 11) is -2.31. The first-order chi connectivity index (χ1) is 8.11. The zero-order valence-electron chi connectivity index (χ0n) is 10.1. The van der Waals surface area contributed by atoms with Gasteiger partial charge in [0.1, 0.15) is 0 Å². The summed E-state index contributed by atoms with van der Waals surface area (Å²) in [6, 6.07) is 8.66. The average molecular weight is 258 g/mol. The molecule has 0 radical (unpaired) electrons. The van der Waals surface area contributed by atoms with Crippen LogP contribution in [0.25, 0.3) is 0 Å². The Morgan fingerprint density at radius 2 is 1.94 bits per heavy atom. The molecule has 17 heavy (non-hydrogen) atoms. The van der Waals surface area contributed by atoms with Crippen LogP contribution in [-0.2, 0) is 15.0 Å². The molecule has 1 N–H and O–H groups in total. The van der Waals surface area contributed by atoms with Crippen LogP contribution < -0.4 is 9.19 Å². The van der Waals surface area contributed by atoms with Crippen LogP contribution in [0.5, 0.6) is 0 Å². The molecule has 0 atom stereocenters. The van der Waals surface area contributed by atoms with Crippen molar-refractivity contribution in [2.45, 2.75) is 19.8 Å². The van der Waals surface area contributed by atoms with Crippen molar-refractivity contribution < 1.29 is 13.3 Å². The fourth-order valence-electron chi connectivity index (χ4n) is 1.33. The van der Waals surface area contributed by atoms with Gasteiger partial charge in [-0.25, -0.2) is 0 Å². The third-order valence-corrected chi connectivity index (χ3v) is 3.53. The molecular formula is C11H18N2O3S. The van der Waals surface area contributed by atoms with Crippen molar-refractivity contribution in [1.29, 1.82) is 0 Å². The van der Waals surface area contributed by atoms with Gasteiger partial charge >= 0.3 is 10.2 Å². The Morgan fingerprint density at radius 1 is 1.29 bits per heavy atom. The zero-order chi connectivity index (χ0) is 12.7. The molecule has 0 fully saturated rings. The fourth-order valence-corrected chi connectivity index (χ4v) is 2.44. The first kappa shape index (κ1) is 14.0. The van der Waals surface area contributed by atoms with Crippen LogP contribution in [0.2, 0.25) is 0 Å². The van der Waals surface area contributed by atoms with E-state index >= 15 is 0 Å². The van der Waals surface area contributed by atoms with Gasteiger partial charge in [0.25, 0.3) is 0 Å². The molecule has 0 aliphatic carbocycles. The van der Waals surface area contributed by atoms with Crippen LogP contribution in [-0.4, -0.2) is 22.1 Å². The number of rotatable bonds is 7. The number of anilines is 1. The second-order valence-corrected chi connectivity index (χ2v) is 5.07. The third kappa shape index (κ3) is 3.99. The highest BCUT2D eigenvalue weighted by atomic mass is 32.2. The number of nitrogens with zero attached hydrogens (tertiary/aromatic N) is 1. The van der Waals surface area contributed by atoms with E-state index in [0.29, 0.717) is 12.2 Å². The summed E-state index contributed by atoms with van der Waals surface area (Å²) in [5.41, 5.74) is 0.471. The molecule has 0 spiro atoms. The van der Waals surface area contributed by atoms with E-state index in [9.17, 15) is 8.42 Å². The summed E-state index contributed by atoms with van der Waals surface area (Å²) in [4.78, 5) is 4.91. The molecule has 0 aromatic heterocycles. The molecule has 1 aromatic carbocycles. The zero-order valence-corrected chi connectivity index (χ0v) is 10.9. The minimum atomic E-state index is -3.64. The highest BCUT2D eigenvalue weighted by molar-refractivity contribution is 7.90. The second-order valence-electron chi connectivity index (χ2n) is 3.50. The first-order valence-electron chi connectivity index (χ1n) is 5.51. The predicted molar refractivity (Wildman–Crippen MR) is 67.8 cm³/mol. The van der Waals surface area contributed by atoms with Crippen LogP contribution in [0.3, 0.4) is 0 Å². The van der Waals surface area contributed by atoms with Crippen LogP contribution in [0.4, 0.5) is 5.69 Å². The number of para-hydroxylation sites is 1. The van der Waals surface area contributed by atoms with Gasteiger partial charge in [0, 0.05) is 6.54 Å². The Morgan fingerprint density at radius 3 is 2.47 bits per heavy atom. The normalized spacial score (nSPS) is 11.4. The average Bonchev–Trinajstić information content (AvgIpc) is 2.31. The van der Waals surface area contributed by atoms with Crippen molar-refractivity contribution in [1.82, 2.24) is 4.72 Å². The van der Waals surface area contributed by atoms with Gasteiger partial charge in [-0.2, -0.15) is 13.1 Å². The molecule has 0 saturated carbocycles. The Labute approximate surface area is 103 Å². The second kappa shape index (κ2) is 6.58. The van der Waals surface area contributed by atoms with E-state index in [0.717, 1.165) is 17.3 Å². The lowest BCUT2D eigenvalue weighted by atomic mass is 10.3. The van der Waals surface area contributed by atoms with Gasteiger partial charge < -0.3 is 0 Å². The van der Waals surface area contributed by atoms with Gasteiger partial charge in [-0.05, 0) is 18.6 Å². The van der Waals surface area contributed by atoms with Gasteiger partial charge in [-0.1, -0.05) is 31.5 Å². The molecule has 6 heteroatoms. The monoisotopic (exact) mass is 258 g/mol.